The number of rotatable bonds is 5. The van der Waals surface area contributed by atoms with Gasteiger partial charge in [-0.3, -0.25) is 9.59 Å². The fourth-order valence-electron chi connectivity index (χ4n) is 5.04. The molecule has 3 aromatic heterocycles. The zero-order valence-corrected chi connectivity index (χ0v) is 21.4. The van der Waals surface area contributed by atoms with Gasteiger partial charge in [0.15, 0.2) is 15.5 Å². The Kier molecular flexibility index (Phi) is 6.39. The van der Waals surface area contributed by atoms with Gasteiger partial charge in [0.05, 0.1) is 57.3 Å². The Balaban J connectivity index is 1.59. The van der Waals surface area contributed by atoms with E-state index in [-0.39, 0.29) is 35.3 Å². The third kappa shape index (κ3) is 4.58. The summed E-state index contributed by atoms with van der Waals surface area (Å²) < 4.78 is 31.2. The molecular formula is C24H28N4O5S2. The van der Waals surface area contributed by atoms with Gasteiger partial charge in [-0.25, -0.2) is 18.1 Å². The van der Waals surface area contributed by atoms with Crippen LogP contribution in [0.2, 0.25) is 0 Å². The molecule has 2 saturated heterocycles. The lowest BCUT2D eigenvalue weighted by Gasteiger charge is -2.31. The molecule has 0 N–H and O–H groups in total. The second-order valence-electron chi connectivity index (χ2n) is 9.16. The normalized spacial score (nSPS) is 21.9. The van der Waals surface area contributed by atoms with Gasteiger partial charge in [-0.1, -0.05) is 6.07 Å². The number of thiophene rings is 1. The summed E-state index contributed by atoms with van der Waals surface area (Å²) in [5.74, 6) is -0.641. The smallest absolute Gasteiger partial charge is 0.310 e. The molecule has 3 aromatic rings. The molecule has 11 heteroatoms. The molecule has 0 aliphatic carbocycles. The number of likely N-dealkylation sites (tertiary alicyclic amines) is 1. The molecule has 186 valence electrons. The Morgan fingerprint density at radius 3 is 2.80 bits per heavy atom. The molecule has 5 rings (SSSR count). The summed E-state index contributed by atoms with van der Waals surface area (Å²) in [5, 5.41) is 7.25. The summed E-state index contributed by atoms with van der Waals surface area (Å²) in [5.41, 5.74) is 2.29. The van der Waals surface area contributed by atoms with E-state index in [1.807, 2.05) is 24.4 Å². The van der Waals surface area contributed by atoms with Gasteiger partial charge >= 0.3 is 5.97 Å². The number of nitrogens with zero attached hydrogens (tertiary/aromatic N) is 4. The van der Waals surface area contributed by atoms with Crippen LogP contribution < -0.4 is 0 Å². The highest BCUT2D eigenvalue weighted by Gasteiger charge is 2.34. The second-order valence-corrected chi connectivity index (χ2v) is 12.3. The first kappa shape index (κ1) is 23.9. The van der Waals surface area contributed by atoms with E-state index in [2.05, 4.69) is 5.10 Å². The lowest BCUT2D eigenvalue weighted by molar-refractivity contribution is -0.149. The number of aromatic nitrogens is 3. The first-order valence-electron chi connectivity index (χ1n) is 11.9. The highest BCUT2D eigenvalue weighted by atomic mass is 32.2. The van der Waals surface area contributed by atoms with Crippen molar-refractivity contribution in [3.05, 3.63) is 34.8 Å². The largest absolute Gasteiger partial charge is 0.466 e. The number of piperidine rings is 1. The Hall–Kier alpha value is -2.79. The maximum absolute atomic E-state index is 13.9. The van der Waals surface area contributed by atoms with Gasteiger partial charge in [-0.2, -0.15) is 5.10 Å². The average Bonchev–Trinajstić information content (AvgIpc) is 3.58. The minimum Gasteiger partial charge on any atom is -0.466 e. The summed E-state index contributed by atoms with van der Waals surface area (Å²) in [6, 6.07) is 5.36. The van der Waals surface area contributed by atoms with Gasteiger partial charge < -0.3 is 9.64 Å². The molecule has 2 fully saturated rings. The molecule has 9 nitrogen and oxygen atoms in total. The number of carbonyl (C=O) groups is 2. The monoisotopic (exact) mass is 516 g/mol. The molecule has 2 unspecified atom stereocenters. The number of ether oxygens (including phenoxy) is 1. The zero-order valence-electron chi connectivity index (χ0n) is 19.8. The van der Waals surface area contributed by atoms with Gasteiger partial charge in [-0.05, 0) is 50.6 Å². The van der Waals surface area contributed by atoms with Crippen molar-refractivity contribution in [2.75, 3.05) is 31.2 Å². The van der Waals surface area contributed by atoms with Crippen LogP contribution in [0.15, 0.2) is 23.6 Å². The number of carbonyl (C=O) groups excluding carboxylic acids is 2. The van der Waals surface area contributed by atoms with Crippen molar-refractivity contribution < 1.29 is 22.7 Å². The molecule has 5 heterocycles. The minimum atomic E-state index is -3.12. The van der Waals surface area contributed by atoms with Crippen LogP contribution in [0.5, 0.6) is 0 Å². The van der Waals surface area contributed by atoms with Crippen molar-refractivity contribution in [1.82, 2.24) is 19.7 Å². The van der Waals surface area contributed by atoms with Crippen LogP contribution in [0.3, 0.4) is 0 Å². The van der Waals surface area contributed by atoms with E-state index in [4.69, 9.17) is 9.72 Å². The van der Waals surface area contributed by atoms with Crippen LogP contribution in [0.1, 0.15) is 48.3 Å². The molecule has 35 heavy (non-hydrogen) atoms. The van der Waals surface area contributed by atoms with Gasteiger partial charge in [0.25, 0.3) is 5.91 Å². The fraction of sp³-hybridized carbons (Fsp3) is 0.500. The van der Waals surface area contributed by atoms with Crippen LogP contribution in [-0.4, -0.2) is 71.2 Å². The summed E-state index contributed by atoms with van der Waals surface area (Å²) >= 11 is 1.52. The lowest BCUT2D eigenvalue weighted by atomic mass is 9.97. The lowest BCUT2D eigenvalue weighted by Crippen LogP contribution is -2.43. The van der Waals surface area contributed by atoms with Crippen molar-refractivity contribution in [3.63, 3.8) is 0 Å². The van der Waals surface area contributed by atoms with Gasteiger partial charge in [-0.15, -0.1) is 11.3 Å². The highest BCUT2D eigenvalue weighted by molar-refractivity contribution is 7.91. The predicted molar refractivity (Wildman–Crippen MR) is 133 cm³/mol. The summed E-state index contributed by atoms with van der Waals surface area (Å²) in [6.07, 6.45) is 1.89. The molecule has 1 amide bonds. The topological polar surface area (TPSA) is 111 Å². The highest BCUT2D eigenvalue weighted by Crippen LogP contribution is 2.34. The number of hydrogen-bond acceptors (Lipinski definition) is 8. The van der Waals surface area contributed by atoms with E-state index in [1.54, 1.807) is 22.6 Å². The first-order chi connectivity index (χ1) is 16.8. The van der Waals surface area contributed by atoms with E-state index < -0.39 is 9.84 Å². The Bertz CT molecular complexity index is 1380. The van der Waals surface area contributed by atoms with Crippen LogP contribution >= 0.6 is 11.3 Å². The number of amides is 1. The number of fused-ring (bicyclic) bond motifs is 1. The summed E-state index contributed by atoms with van der Waals surface area (Å²) in [6.45, 7) is 4.78. The van der Waals surface area contributed by atoms with Crippen molar-refractivity contribution in [1.29, 1.82) is 0 Å². The maximum atomic E-state index is 13.9. The van der Waals surface area contributed by atoms with Crippen LogP contribution in [-0.2, 0) is 19.4 Å². The van der Waals surface area contributed by atoms with Crippen molar-refractivity contribution in [2.24, 2.45) is 5.92 Å². The molecule has 0 bridgehead atoms. The molecule has 2 aliphatic heterocycles. The molecule has 0 spiro atoms. The first-order valence-corrected chi connectivity index (χ1v) is 14.6. The number of sulfone groups is 1. The van der Waals surface area contributed by atoms with E-state index in [0.717, 1.165) is 11.3 Å². The third-order valence-corrected chi connectivity index (χ3v) is 9.37. The van der Waals surface area contributed by atoms with Gasteiger partial charge in [0, 0.05) is 13.1 Å². The number of aryl methyl sites for hydroxylation is 1. The molecule has 2 atom stereocenters. The van der Waals surface area contributed by atoms with Crippen molar-refractivity contribution in [3.8, 4) is 10.6 Å². The molecule has 2 aliphatic rings. The van der Waals surface area contributed by atoms with Crippen LogP contribution in [0.25, 0.3) is 21.6 Å². The third-order valence-electron chi connectivity index (χ3n) is 6.72. The predicted octanol–water partition coefficient (Wildman–Crippen LogP) is 3.24. The summed E-state index contributed by atoms with van der Waals surface area (Å²) in [4.78, 5) is 33.7. The van der Waals surface area contributed by atoms with E-state index in [1.165, 1.54) is 11.3 Å². The number of hydrogen-bond donors (Lipinski definition) is 0. The molecular weight excluding hydrogens is 488 g/mol. The summed E-state index contributed by atoms with van der Waals surface area (Å²) in [7, 11) is -3.12. The van der Waals surface area contributed by atoms with Gasteiger partial charge in [0.1, 0.15) is 0 Å². The zero-order chi connectivity index (χ0) is 24.7. The van der Waals surface area contributed by atoms with E-state index in [9.17, 15) is 18.0 Å². The molecule has 0 aromatic carbocycles. The van der Waals surface area contributed by atoms with Crippen LogP contribution in [0, 0.1) is 12.8 Å². The number of esters is 1. The Morgan fingerprint density at radius 2 is 2.11 bits per heavy atom. The number of pyridine rings is 1. The molecule has 0 saturated carbocycles. The molecule has 0 radical (unpaired) electrons. The maximum Gasteiger partial charge on any atom is 0.310 e. The SMILES string of the molecule is CCOC(=O)C1CCCN(C(=O)c2cc(-c3cccs3)nc3c2c(C)nn3C2CCS(=O)(=O)C2)C1. The standard InChI is InChI=1S/C24H28N4O5S2/c1-3-33-24(30)16-6-4-9-27(13-16)23(29)18-12-19(20-7-5-10-34-20)25-22-21(18)15(2)26-28(22)17-8-11-35(31,32)14-17/h5,7,10,12,16-17H,3-4,6,8-9,11,13-14H2,1-2H3. The van der Waals surface area contributed by atoms with Crippen molar-refractivity contribution >= 4 is 44.1 Å². The fourth-order valence-corrected chi connectivity index (χ4v) is 7.42. The minimum absolute atomic E-state index is 0.0186. The van der Waals surface area contributed by atoms with E-state index >= 15 is 0 Å². The van der Waals surface area contributed by atoms with Crippen LogP contribution in [0.4, 0.5) is 0 Å². The second kappa shape index (κ2) is 9.34. The Labute approximate surface area is 208 Å². The van der Waals surface area contributed by atoms with Gasteiger partial charge in [0.2, 0.25) is 0 Å². The van der Waals surface area contributed by atoms with E-state index in [0.29, 0.717) is 60.5 Å². The van der Waals surface area contributed by atoms with Crippen molar-refractivity contribution in [2.45, 2.75) is 39.2 Å². The Morgan fingerprint density at radius 1 is 1.29 bits per heavy atom. The average molecular weight is 517 g/mol. The quantitative estimate of drug-likeness (QED) is 0.479.